The molecule has 2 rings (SSSR count). The number of imidazole rings is 1. The van der Waals surface area contributed by atoms with Crippen LogP contribution in [-0.2, 0) is 23.8 Å². The third-order valence-electron chi connectivity index (χ3n) is 3.15. The van der Waals surface area contributed by atoms with Crippen molar-refractivity contribution in [3.63, 3.8) is 0 Å². The second-order valence-electron chi connectivity index (χ2n) is 4.72. The number of aromatic nitrogens is 2. The van der Waals surface area contributed by atoms with E-state index in [9.17, 15) is 9.00 Å². The van der Waals surface area contributed by atoms with Crippen LogP contribution in [0.2, 0.25) is 0 Å². The van der Waals surface area contributed by atoms with Crippen molar-refractivity contribution in [2.45, 2.75) is 26.3 Å². The molecule has 5 nitrogen and oxygen atoms in total. The van der Waals surface area contributed by atoms with Gasteiger partial charge in [-0.05, 0) is 24.6 Å². The molecule has 1 aromatic heterocycles. The maximum Gasteiger partial charge on any atom is 0.335 e. The highest BCUT2D eigenvalue weighted by molar-refractivity contribution is 7.84. The summed E-state index contributed by atoms with van der Waals surface area (Å²) in [5, 5.41) is 9.09. The van der Waals surface area contributed by atoms with Gasteiger partial charge in [0.15, 0.2) is 0 Å². The molecule has 108 valence electrons. The fourth-order valence-electron chi connectivity index (χ4n) is 2.19. The number of rotatable bonds is 6. The minimum atomic E-state index is -0.948. The Labute approximate surface area is 120 Å². The first kappa shape index (κ1) is 14.7. The summed E-state index contributed by atoms with van der Waals surface area (Å²) >= 11 is 0. The lowest BCUT2D eigenvalue weighted by Gasteiger charge is -2.07. The van der Waals surface area contributed by atoms with Gasteiger partial charge in [0, 0.05) is 35.8 Å². The molecular formula is C14H18N2O3S. The van der Waals surface area contributed by atoms with E-state index < -0.39 is 16.8 Å². The molecule has 0 spiro atoms. The van der Waals surface area contributed by atoms with Gasteiger partial charge in [-0.1, -0.05) is 6.92 Å². The van der Waals surface area contributed by atoms with Crippen LogP contribution < -0.4 is 0 Å². The summed E-state index contributed by atoms with van der Waals surface area (Å²) in [5.41, 5.74) is 1.85. The maximum atomic E-state index is 11.3. The Balaban J connectivity index is 2.51. The molecule has 0 saturated heterocycles. The SMILES string of the molecule is CCCc1nc2ccc(C(=O)O)cc2n1CCS(C)=O. The van der Waals surface area contributed by atoms with E-state index in [4.69, 9.17) is 5.11 Å². The fraction of sp³-hybridized carbons (Fsp3) is 0.429. The average Bonchev–Trinajstić information content (AvgIpc) is 2.73. The zero-order valence-corrected chi connectivity index (χ0v) is 12.4. The molecule has 1 heterocycles. The average molecular weight is 294 g/mol. The smallest absolute Gasteiger partial charge is 0.335 e. The number of fused-ring (bicyclic) bond motifs is 1. The number of hydrogen-bond acceptors (Lipinski definition) is 3. The number of carboxylic acids is 1. The van der Waals surface area contributed by atoms with Crippen LogP contribution in [0.4, 0.5) is 0 Å². The van der Waals surface area contributed by atoms with Crippen molar-refractivity contribution >= 4 is 27.8 Å². The Morgan fingerprint density at radius 3 is 2.80 bits per heavy atom. The summed E-state index contributed by atoms with van der Waals surface area (Å²) in [5.74, 6) is 0.519. The summed E-state index contributed by atoms with van der Waals surface area (Å²) in [7, 11) is -0.884. The number of carbonyl (C=O) groups is 1. The first-order chi connectivity index (χ1) is 9.52. The van der Waals surface area contributed by atoms with Crippen LogP contribution in [0.1, 0.15) is 29.5 Å². The molecule has 0 saturated carbocycles. The second kappa shape index (κ2) is 6.17. The van der Waals surface area contributed by atoms with E-state index in [1.807, 2.05) is 4.57 Å². The van der Waals surface area contributed by atoms with Crippen LogP contribution in [0, 0.1) is 0 Å². The summed E-state index contributed by atoms with van der Waals surface area (Å²) < 4.78 is 13.3. The molecule has 0 aliphatic heterocycles. The zero-order chi connectivity index (χ0) is 14.7. The van der Waals surface area contributed by atoms with Gasteiger partial charge in [-0.15, -0.1) is 0 Å². The fourth-order valence-corrected chi connectivity index (χ4v) is 2.63. The van der Waals surface area contributed by atoms with Crippen molar-refractivity contribution < 1.29 is 14.1 Å². The molecule has 0 aliphatic carbocycles. The van der Waals surface area contributed by atoms with Crippen molar-refractivity contribution in [2.24, 2.45) is 0 Å². The molecule has 20 heavy (non-hydrogen) atoms. The molecule has 0 fully saturated rings. The molecule has 0 aliphatic rings. The maximum absolute atomic E-state index is 11.3. The minimum absolute atomic E-state index is 0.249. The van der Waals surface area contributed by atoms with Crippen molar-refractivity contribution in [1.29, 1.82) is 0 Å². The van der Waals surface area contributed by atoms with Crippen LogP contribution in [-0.4, -0.2) is 36.8 Å². The van der Waals surface area contributed by atoms with E-state index in [0.29, 0.717) is 12.3 Å². The summed E-state index contributed by atoms with van der Waals surface area (Å²) in [6.45, 7) is 2.67. The molecule has 0 amide bonds. The largest absolute Gasteiger partial charge is 0.478 e. The van der Waals surface area contributed by atoms with Crippen LogP contribution >= 0.6 is 0 Å². The van der Waals surface area contributed by atoms with E-state index in [0.717, 1.165) is 29.7 Å². The quantitative estimate of drug-likeness (QED) is 0.885. The predicted molar refractivity (Wildman–Crippen MR) is 79.6 cm³/mol. The van der Waals surface area contributed by atoms with E-state index >= 15 is 0 Å². The Hall–Kier alpha value is -1.69. The molecule has 1 aromatic carbocycles. The first-order valence-electron chi connectivity index (χ1n) is 6.55. The van der Waals surface area contributed by atoms with Crippen LogP contribution in [0.25, 0.3) is 11.0 Å². The van der Waals surface area contributed by atoms with Crippen molar-refractivity contribution in [3.05, 3.63) is 29.6 Å². The van der Waals surface area contributed by atoms with Crippen LogP contribution in [0.3, 0.4) is 0 Å². The monoisotopic (exact) mass is 294 g/mol. The van der Waals surface area contributed by atoms with Crippen molar-refractivity contribution in [3.8, 4) is 0 Å². The number of hydrogen-bond donors (Lipinski definition) is 1. The van der Waals surface area contributed by atoms with E-state index in [-0.39, 0.29) is 5.56 Å². The molecular weight excluding hydrogens is 276 g/mol. The topological polar surface area (TPSA) is 72.2 Å². The number of benzene rings is 1. The van der Waals surface area contributed by atoms with Gasteiger partial charge in [-0.3, -0.25) is 4.21 Å². The standard InChI is InChI=1S/C14H18N2O3S/c1-3-4-13-15-11-6-5-10(14(17)18)9-12(11)16(13)7-8-20(2)19/h5-6,9H,3-4,7-8H2,1-2H3,(H,17,18). The molecule has 1 atom stereocenters. The lowest BCUT2D eigenvalue weighted by atomic mass is 10.2. The van der Waals surface area contributed by atoms with Crippen molar-refractivity contribution in [2.75, 3.05) is 12.0 Å². The first-order valence-corrected chi connectivity index (χ1v) is 8.28. The van der Waals surface area contributed by atoms with Crippen LogP contribution in [0.15, 0.2) is 18.2 Å². The third-order valence-corrected chi connectivity index (χ3v) is 3.91. The van der Waals surface area contributed by atoms with Crippen molar-refractivity contribution in [1.82, 2.24) is 9.55 Å². The summed E-state index contributed by atoms with van der Waals surface area (Å²) in [4.78, 5) is 15.6. The van der Waals surface area contributed by atoms with E-state index in [1.165, 1.54) is 0 Å². The molecule has 1 unspecified atom stereocenters. The normalized spacial score (nSPS) is 12.7. The molecule has 2 aromatic rings. The zero-order valence-electron chi connectivity index (χ0n) is 11.6. The highest BCUT2D eigenvalue weighted by Crippen LogP contribution is 2.19. The number of aryl methyl sites for hydroxylation is 2. The van der Waals surface area contributed by atoms with Gasteiger partial charge < -0.3 is 9.67 Å². The number of nitrogens with zero attached hydrogens (tertiary/aromatic N) is 2. The van der Waals surface area contributed by atoms with Gasteiger partial charge in [0.2, 0.25) is 0 Å². The van der Waals surface area contributed by atoms with Crippen LogP contribution in [0.5, 0.6) is 0 Å². The summed E-state index contributed by atoms with van der Waals surface area (Å²) in [6.07, 6.45) is 3.46. The van der Waals surface area contributed by atoms with Gasteiger partial charge in [-0.25, -0.2) is 9.78 Å². The predicted octanol–water partition coefficient (Wildman–Crippen LogP) is 2.07. The molecule has 0 radical (unpaired) electrons. The Morgan fingerprint density at radius 1 is 1.45 bits per heavy atom. The minimum Gasteiger partial charge on any atom is -0.478 e. The highest BCUT2D eigenvalue weighted by Gasteiger charge is 2.13. The van der Waals surface area contributed by atoms with E-state index in [1.54, 1.807) is 24.5 Å². The lowest BCUT2D eigenvalue weighted by molar-refractivity contribution is 0.0697. The second-order valence-corrected chi connectivity index (χ2v) is 6.27. The molecule has 1 N–H and O–H groups in total. The third kappa shape index (κ3) is 3.07. The number of carboxylic acid groups (broad SMARTS) is 1. The van der Waals surface area contributed by atoms with Gasteiger partial charge in [0.25, 0.3) is 0 Å². The Bertz CT molecular complexity index is 664. The number of aromatic carboxylic acids is 1. The van der Waals surface area contributed by atoms with Gasteiger partial charge >= 0.3 is 5.97 Å². The molecule has 6 heteroatoms. The van der Waals surface area contributed by atoms with Gasteiger partial charge in [0.1, 0.15) is 5.82 Å². The van der Waals surface area contributed by atoms with Gasteiger partial charge in [-0.2, -0.15) is 0 Å². The highest BCUT2D eigenvalue weighted by atomic mass is 32.2. The Morgan fingerprint density at radius 2 is 2.20 bits per heavy atom. The summed E-state index contributed by atoms with van der Waals surface area (Å²) in [6, 6.07) is 4.94. The van der Waals surface area contributed by atoms with E-state index in [2.05, 4.69) is 11.9 Å². The lowest BCUT2D eigenvalue weighted by Crippen LogP contribution is -2.10. The molecule has 0 bridgehead atoms. The Kier molecular flexibility index (Phi) is 4.54. The van der Waals surface area contributed by atoms with Gasteiger partial charge in [0.05, 0.1) is 16.6 Å².